The molecule has 5 nitrogen and oxygen atoms in total. The molecular weight excluding hydrogens is 248 g/mol. The molecule has 0 amide bonds. The third-order valence-electron chi connectivity index (χ3n) is 2.76. The highest BCUT2D eigenvalue weighted by Gasteiger charge is 2.21. The summed E-state index contributed by atoms with van der Waals surface area (Å²) in [5.74, 6) is 0.240. The van der Waals surface area contributed by atoms with Crippen molar-refractivity contribution in [3.8, 4) is 0 Å². The van der Waals surface area contributed by atoms with E-state index >= 15 is 0 Å². The largest absolute Gasteiger partial charge is 0.286 e. The second-order valence-electron chi connectivity index (χ2n) is 4.05. The van der Waals surface area contributed by atoms with Gasteiger partial charge in [0.2, 0.25) is 0 Å². The van der Waals surface area contributed by atoms with Crippen molar-refractivity contribution < 1.29 is 13.0 Å². The van der Waals surface area contributed by atoms with E-state index < -0.39 is 10.1 Å². The van der Waals surface area contributed by atoms with Crippen molar-refractivity contribution in [1.29, 1.82) is 0 Å². The lowest BCUT2D eigenvalue weighted by Crippen LogP contribution is -2.06. The summed E-state index contributed by atoms with van der Waals surface area (Å²) in [4.78, 5) is 0. The van der Waals surface area contributed by atoms with Gasteiger partial charge in [0.1, 0.15) is 10.0 Å². The smallest absolute Gasteiger partial charge is 0.265 e. The summed E-state index contributed by atoms with van der Waals surface area (Å²) in [5, 5.41) is 9.76. The van der Waals surface area contributed by atoms with Gasteiger partial charge in [0.25, 0.3) is 10.1 Å². The first-order valence-electron chi connectivity index (χ1n) is 5.32. The number of hydrogen-bond donors (Lipinski definition) is 1. The standard InChI is InChI=1S/C9H14N2O3S2/c12-16(13,14)6-5-8-10-11-9(15-8)7-3-1-2-4-7/h7H,1-6H2,(H,12,13,14). The molecule has 2 rings (SSSR count). The summed E-state index contributed by atoms with van der Waals surface area (Å²) < 4.78 is 29.8. The van der Waals surface area contributed by atoms with Crippen LogP contribution in [0.15, 0.2) is 0 Å². The van der Waals surface area contributed by atoms with Crippen LogP contribution in [0.25, 0.3) is 0 Å². The van der Waals surface area contributed by atoms with Gasteiger partial charge in [-0.25, -0.2) is 0 Å². The fourth-order valence-electron chi connectivity index (χ4n) is 1.92. The quantitative estimate of drug-likeness (QED) is 0.834. The lowest BCUT2D eigenvalue weighted by molar-refractivity contribution is 0.482. The first-order valence-corrected chi connectivity index (χ1v) is 7.74. The van der Waals surface area contributed by atoms with Crippen LogP contribution in [0.4, 0.5) is 0 Å². The maximum absolute atomic E-state index is 10.6. The minimum absolute atomic E-state index is 0.253. The molecule has 1 heterocycles. The van der Waals surface area contributed by atoms with Crippen molar-refractivity contribution in [1.82, 2.24) is 10.2 Å². The molecule has 0 radical (unpaired) electrons. The molecule has 7 heteroatoms. The van der Waals surface area contributed by atoms with E-state index in [1.165, 1.54) is 24.2 Å². The zero-order valence-electron chi connectivity index (χ0n) is 8.79. The van der Waals surface area contributed by atoms with Crippen LogP contribution in [0.3, 0.4) is 0 Å². The van der Waals surface area contributed by atoms with Gasteiger partial charge in [0.15, 0.2) is 0 Å². The van der Waals surface area contributed by atoms with Crippen LogP contribution in [-0.2, 0) is 16.5 Å². The third-order valence-corrected chi connectivity index (χ3v) is 4.63. The van der Waals surface area contributed by atoms with Gasteiger partial charge < -0.3 is 0 Å². The van der Waals surface area contributed by atoms with Crippen molar-refractivity contribution in [3.63, 3.8) is 0 Å². The predicted octanol–water partition coefficient (Wildman–Crippen LogP) is 1.63. The third kappa shape index (κ3) is 3.23. The van der Waals surface area contributed by atoms with Gasteiger partial charge in [0, 0.05) is 12.3 Å². The normalized spacial score (nSPS) is 18.1. The first kappa shape index (κ1) is 11.9. The Balaban J connectivity index is 1.96. The van der Waals surface area contributed by atoms with Gasteiger partial charge in [0.05, 0.1) is 5.75 Å². The molecule has 1 aliphatic carbocycles. The lowest BCUT2D eigenvalue weighted by Gasteiger charge is -2.00. The van der Waals surface area contributed by atoms with E-state index in [9.17, 15) is 8.42 Å². The number of hydrogen-bond acceptors (Lipinski definition) is 5. The highest BCUT2D eigenvalue weighted by Crippen LogP contribution is 2.35. The van der Waals surface area contributed by atoms with Gasteiger partial charge in [-0.15, -0.1) is 21.5 Å². The van der Waals surface area contributed by atoms with Crippen molar-refractivity contribution >= 4 is 21.5 Å². The summed E-state index contributed by atoms with van der Waals surface area (Å²) in [5.41, 5.74) is 0. The SMILES string of the molecule is O=S(=O)(O)CCc1nnc(C2CCCC2)s1. The van der Waals surface area contributed by atoms with Gasteiger partial charge in [-0.2, -0.15) is 8.42 Å². The molecular formula is C9H14N2O3S2. The average molecular weight is 262 g/mol. The molecule has 1 saturated carbocycles. The molecule has 1 aromatic rings. The molecule has 0 saturated heterocycles. The Hall–Kier alpha value is -0.530. The molecule has 1 N–H and O–H groups in total. The van der Waals surface area contributed by atoms with E-state index in [0.29, 0.717) is 10.9 Å². The lowest BCUT2D eigenvalue weighted by atomic mass is 10.1. The highest BCUT2D eigenvalue weighted by molar-refractivity contribution is 7.85. The van der Waals surface area contributed by atoms with E-state index in [4.69, 9.17) is 4.55 Å². The Labute approximate surface area is 98.7 Å². The van der Waals surface area contributed by atoms with Crippen LogP contribution >= 0.6 is 11.3 Å². The maximum atomic E-state index is 10.6. The van der Waals surface area contributed by atoms with E-state index in [-0.39, 0.29) is 12.2 Å². The Morgan fingerprint density at radius 2 is 2.00 bits per heavy atom. The molecule has 0 aromatic carbocycles. The minimum Gasteiger partial charge on any atom is -0.286 e. The summed E-state index contributed by atoms with van der Waals surface area (Å²) in [6.07, 6.45) is 5.05. The number of aromatic nitrogens is 2. The van der Waals surface area contributed by atoms with Crippen LogP contribution in [0.2, 0.25) is 0 Å². The summed E-state index contributed by atoms with van der Waals surface area (Å²) in [7, 11) is -3.89. The number of aryl methyl sites for hydroxylation is 1. The number of rotatable bonds is 4. The van der Waals surface area contributed by atoms with Gasteiger partial charge in [-0.3, -0.25) is 4.55 Å². The molecule has 0 bridgehead atoms. The zero-order chi connectivity index (χ0) is 11.6. The van der Waals surface area contributed by atoms with Crippen molar-refractivity contribution in [2.45, 2.75) is 38.0 Å². The molecule has 16 heavy (non-hydrogen) atoms. The van der Waals surface area contributed by atoms with Crippen LogP contribution in [-0.4, -0.2) is 28.9 Å². The van der Waals surface area contributed by atoms with E-state index in [1.807, 2.05) is 0 Å². The van der Waals surface area contributed by atoms with E-state index in [0.717, 1.165) is 17.8 Å². The minimum atomic E-state index is -3.89. The molecule has 1 aliphatic rings. The van der Waals surface area contributed by atoms with Crippen LogP contribution in [0, 0.1) is 0 Å². The van der Waals surface area contributed by atoms with Gasteiger partial charge in [-0.1, -0.05) is 12.8 Å². The van der Waals surface area contributed by atoms with Gasteiger partial charge in [-0.05, 0) is 12.8 Å². The predicted molar refractivity (Wildman–Crippen MR) is 61.2 cm³/mol. The summed E-state index contributed by atoms with van der Waals surface area (Å²) in [6, 6.07) is 0. The fourth-order valence-corrected chi connectivity index (χ4v) is 3.51. The molecule has 1 fully saturated rings. The Bertz CT molecular complexity index is 449. The maximum Gasteiger partial charge on any atom is 0.265 e. The number of nitrogens with zero attached hydrogens (tertiary/aromatic N) is 2. The molecule has 90 valence electrons. The second kappa shape index (κ2) is 4.77. The van der Waals surface area contributed by atoms with Crippen LogP contribution < -0.4 is 0 Å². The van der Waals surface area contributed by atoms with E-state index in [1.54, 1.807) is 0 Å². The highest BCUT2D eigenvalue weighted by atomic mass is 32.2. The van der Waals surface area contributed by atoms with Crippen LogP contribution in [0.5, 0.6) is 0 Å². The summed E-state index contributed by atoms with van der Waals surface area (Å²) >= 11 is 1.47. The van der Waals surface area contributed by atoms with Crippen molar-refractivity contribution in [2.24, 2.45) is 0 Å². The Morgan fingerprint density at radius 3 is 2.62 bits per heavy atom. The van der Waals surface area contributed by atoms with Crippen molar-refractivity contribution in [3.05, 3.63) is 10.0 Å². The first-order chi connectivity index (χ1) is 7.54. The topological polar surface area (TPSA) is 80.2 Å². The molecule has 0 unspecified atom stereocenters. The molecule has 1 aromatic heterocycles. The fraction of sp³-hybridized carbons (Fsp3) is 0.778. The zero-order valence-corrected chi connectivity index (χ0v) is 10.4. The van der Waals surface area contributed by atoms with Gasteiger partial charge >= 0.3 is 0 Å². The summed E-state index contributed by atoms with van der Waals surface area (Å²) in [6.45, 7) is 0. The second-order valence-corrected chi connectivity index (χ2v) is 6.72. The molecule has 0 spiro atoms. The van der Waals surface area contributed by atoms with E-state index in [2.05, 4.69) is 10.2 Å². The Kier molecular flexibility index (Phi) is 3.56. The average Bonchev–Trinajstić information content (AvgIpc) is 2.84. The molecule has 0 atom stereocenters. The van der Waals surface area contributed by atoms with Crippen molar-refractivity contribution in [2.75, 3.05) is 5.75 Å². The Morgan fingerprint density at radius 1 is 1.31 bits per heavy atom. The molecule has 0 aliphatic heterocycles. The van der Waals surface area contributed by atoms with Crippen LogP contribution in [0.1, 0.15) is 41.6 Å². The monoisotopic (exact) mass is 262 g/mol.